The number of hydrogen-bond donors (Lipinski definition) is 2. The lowest BCUT2D eigenvalue weighted by Gasteiger charge is -2.18. The summed E-state index contributed by atoms with van der Waals surface area (Å²) in [6.45, 7) is 5.43. The second kappa shape index (κ2) is 9.26. The fraction of sp³-hybridized carbons (Fsp3) is 0.364. The van der Waals surface area contributed by atoms with Crippen LogP contribution >= 0.6 is 0 Å². The Kier molecular flexibility index (Phi) is 6.53. The topological polar surface area (TPSA) is 76.7 Å². The Bertz CT molecular complexity index is 850. The Morgan fingerprint density at radius 1 is 1.04 bits per heavy atom. The summed E-state index contributed by atoms with van der Waals surface area (Å²) in [4.78, 5) is 24.5. The average molecular weight is 382 g/mol. The first-order valence-electron chi connectivity index (χ1n) is 9.60. The minimum absolute atomic E-state index is 0.0915. The molecule has 28 heavy (non-hydrogen) atoms. The predicted octanol–water partition coefficient (Wildman–Crippen LogP) is 2.85. The van der Waals surface area contributed by atoms with E-state index in [9.17, 15) is 9.59 Å². The molecule has 6 heteroatoms. The molecule has 148 valence electrons. The molecule has 0 aromatic heterocycles. The molecule has 0 bridgehead atoms. The van der Waals surface area contributed by atoms with Crippen molar-refractivity contribution in [2.24, 2.45) is 0 Å². The third-order valence-corrected chi connectivity index (χ3v) is 4.64. The molecule has 0 saturated carbocycles. The number of carbonyl (C=O) groups is 2. The van der Waals surface area contributed by atoms with Gasteiger partial charge in [0.25, 0.3) is 5.91 Å². The number of rotatable bonds is 7. The first-order chi connectivity index (χ1) is 13.5. The number of ether oxygens (including phenoxy) is 2. The second-order valence-electron chi connectivity index (χ2n) is 6.91. The molecule has 2 amide bonds. The Hall–Kier alpha value is -3.02. The summed E-state index contributed by atoms with van der Waals surface area (Å²) in [5, 5.41) is 5.85. The Morgan fingerprint density at radius 2 is 1.82 bits per heavy atom. The lowest BCUT2D eigenvalue weighted by Crippen LogP contribution is -2.32. The molecule has 1 aliphatic heterocycles. The molecule has 0 fully saturated rings. The molecular weight excluding hydrogens is 356 g/mol. The van der Waals surface area contributed by atoms with Gasteiger partial charge in [-0.15, -0.1) is 0 Å². The third kappa shape index (κ3) is 5.25. The van der Waals surface area contributed by atoms with Gasteiger partial charge in [-0.3, -0.25) is 9.59 Å². The smallest absolute Gasteiger partial charge is 0.251 e. The van der Waals surface area contributed by atoms with Gasteiger partial charge in [-0.25, -0.2) is 0 Å². The van der Waals surface area contributed by atoms with E-state index in [0.717, 1.165) is 17.5 Å². The van der Waals surface area contributed by atoms with Gasteiger partial charge in [0.05, 0.1) is 6.42 Å². The summed E-state index contributed by atoms with van der Waals surface area (Å²) in [6.07, 6.45) is 1.13. The van der Waals surface area contributed by atoms with Crippen molar-refractivity contribution >= 4 is 11.8 Å². The molecular formula is C22H26N2O4. The molecule has 6 nitrogen and oxygen atoms in total. The second-order valence-corrected chi connectivity index (χ2v) is 6.91. The Balaban J connectivity index is 1.54. The molecule has 2 aromatic rings. The van der Waals surface area contributed by atoms with Gasteiger partial charge >= 0.3 is 0 Å². The predicted molar refractivity (Wildman–Crippen MR) is 107 cm³/mol. The highest BCUT2D eigenvalue weighted by Gasteiger charge is 2.13. The zero-order valence-electron chi connectivity index (χ0n) is 16.3. The van der Waals surface area contributed by atoms with E-state index in [2.05, 4.69) is 10.6 Å². The van der Waals surface area contributed by atoms with E-state index in [1.807, 2.05) is 50.2 Å². The summed E-state index contributed by atoms with van der Waals surface area (Å²) < 4.78 is 11.0. The van der Waals surface area contributed by atoms with Crippen molar-refractivity contribution < 1.29 is 19.1 Å². The first kappa shape index (κ1) is 19.7. The Morgan fingerprint density at radius 3 is 2.61 bits per heavy atom. The van der Waals surface area contributed by atoms with E-state index in [1.165, 1.54) is 0 Å². The maximum absolute atomic E-state index is 12.3. The van der Waals surface area contributed by atoms with Gasteiger partial charge in [0, 0.05) is 18.2 Å². The van der Waals surface area contributed by atoms with Crippen LogP contribution in [0.15, 0.2) is 42.5 Å². The van der Waals surface area contributed by atoms with Crippen LogP contribution in [0.5, 0.6) is 11.5 Å². The van der Waals surface area contributed by atoms with Crippen LogP contribution in [0, 0.1) is 0 Å². The number of fused-ring (bicyclic) bond motifs is 1. The normalized spacial score (nSPS) is 13.5. The maximum Gasteiger partial charge on any atom is 0.251 e. The summed E-state index contributed by atoms with van der Waals surface area (Å²) in [6, 6.07) is 13.0. The number of carbonyl (C=O) groups excluding carboxylic acids is 2. The summed E-state index contributed by atoms with van der Waals surface area (Å²) in [5.41, 5.74) is 2.34. The van der Waals surface area contributed by atoms with Gasteiger partial charge in [0.1, 0.15) is 13.2 Å². The van der Waals surface area contributed by atoms with Gasteiger partial charge in [0.15, 0.2) is 11.5 Å². The molecule has 3 rings (SSSR count). The van der Waals surface area contributed by atoms with Crippen LogP contribution in [-0.4, -0.2) is 31.1 Å². The fourth-order valence-electron chi connectivity index (χ4n) is 2.88. The van der Waals surface area contributed by atoms with Crippen molar-refractivity contribution in [1.82, 2.24) is 10.6 Å². The summed E-state index contributed by atoms with van der Waals surface area (Å²) in [7, 11) is 0. The highest BCUT2D eigenvalue weighted by atomic mass is 16.6. The molecule has 1 unspecified atom stereocenters. The van der Waals surface area contributed by atoms with E-state index < -0.39 is 0 Å². The highest BCUT2D eigenvalue weighted by Crippen LogP contribution is 2.30. The number of amides is 2. The van der Waals surface area contributed by atoms with Crippen LogP contribution in [0.4, 0.5) is 0 Å². The Labute approximate surface area is 165 Å². The first-order valence-corrected chi connectivity index (χ1v) is 9.60. The summed E-state index contributed by atoms with van der Waals surface area (Å²) in [5.74, 6) is 1.20. The lowest BCUT2D eigenvalue weighted by atomic mass is 10.1. The minimum Gasteiger partial charge on any atom is -0.486 e. The number of hydrogen-bond acceptors (Lipinski definition) is 4. The van der Waals surface area contributed by atoms with Crippen LogP contribution in [0.3, 0.4) is 0 Å². The molecule has 0 saturated heterocycles. The van der Waals surface area contributed by atoms with Gasteiger partial charge in [0.2, 0.25) is 5.91 Å². The van der Waals surface area contributed by atoms with Crippen LogP contribution in [-0.2, 0) is 17.8 Å². The standard InChI is InChI=1S/C22H26N2O4/c1-3-15(2)24-22(26)18-6-4-5-17(11-18)14-23-21(25)13-16-7-8-19-20(12-16)28-10-9-27-19/h4-8,11-12,15H,3,9-10,13-14H2,1-2H3,(H,23,25)(H,24,26). The average Bonchev–Trinajstić information content (AvgIpc) is 2.72. The molecule has 0 radical (unpaired) electrons. The number of benzene rings is 2. The van der Waals surface area contributed by atoms with E-state index in [0.29, 0.717) is 36.8 Å². The summed E-state index contributed by atoms with van der Waals surface area (Å²) >= 11 is 0. The molecule has 1 aliphatic rings. The van der Waals surface area contributed by atoms with E-state index in [-0.39, 0.29) is 24.3 Å². The molecule has 1 atom stereocenters. The van der Waals surface area contributed by atoms with Crippen molar-refractivity contribution in [3.8, 4) is 11.5 Å². The van der Waals surface area contributed by atoms with E-state index in [4.69, 9.17) is 9.47 Å². The molecule has 1 heterocycles. The minimum atomic E-state index is -0.0983. The third-order valence-electron chi connectivity index (χ3n) is 4.64. The van der Waals surface area contributed by atoms with E-state index >= 15 is 0 Å². The SMILES string of the molecule is CCC(C)NC(=O)c1cccc(CNC(=O)Cc2ccc3c(c2)OCCO3)c1. The van der Waals surface area contributed by atoms with Crippen LogP contribution in [0.25, 0.3) is 0 Å². The van der Waals surface area contributed by atoms with Crippen LogP contribution in [0.2, 0.25) is 0 Å². The fourth-order valence-corrected chi connectivity index (χ4v) is 2.88. The van der Waals surface area contributed by atoms with Crippen LogP contribution in [0.1, 0.15) is 41.8 Å². The monoisotopic (exact) mass is 382 g/mol. The molecule has 2 N–H and O–H groups in total. The highest BCUT2D eigenvalue weighted by molar-refractivity contribution is 5.94. The van der Waals surface area contributed by atoms with Crippen molar-refractivity contribution in [2.45, 2.75) is 39.3 Å². The van der Waals surface area contributed by atoms with Gasteiger partial charge in [-0.2, -0.15) is 0 Å². The zero-order chi connectivity index (χ0) is 19.9. The maximum atomic E-state index is 12.3. The van der Waals surface area contributed by atoms with Crippen molar-refractivity contribution in [2.75, 3.05) is 13.2 Å². The number of nitrogens with one attached hydrogen (secondary N) is 2. The molecule has 2 aromatic carbocycles. The van der Waals surface area contributed by atoms with E-state index in [1.54, 1.807) is 6.07 Å². The van der Waals surface area contributed by atoms with Crippen LogP contribution < -0.4 is 20.1 Å². The quantitative estimate of drug-likeness (QED) is 0.772. The van der Waals surface area contributed by atoms with Crippen molar-refractivity contribution in [3.63, 3.8) is 0 Å². The molecule has 0 aliphatic carbocycles. The largest absolute Gasteiger partial charge is 0.486 e. The van der Waals surface area contributed by atoms with Gasteiger partial charge in [-0.05, 0) is 48.7 Å². The van der Waals surface area contributed by atoms with Gasteiger partial charge in [-0.1, -0.05) is 25.1 Å². The molecule has 0 spiro atoms. The zero-order valence-corrected chi connectivity index (χ0v) is 16.3. The van der Waals surface area contributed by atoms with Gasteiger partial charge < -0.3 is 20.1 Å². The van der Waals surface area contributed by atoms with Crippen molar-refractivity contribution in [1.29, 1.82) is 0 Å². The lowest BCUT2D eigenvalue weighted by molar-refractivity contribution is -0.120. The van der Waals surface area contributed by atoms with Crippen molar-refractivity contribution in [3.05, 3.63) is 59.2 Å².